The number of benzene rings is 4. The van der Waals surface area contributed by atoms with E-state index in [-0.39, 0.29) is 16.7 Å². The van der Waals surface area contributed by atoms with Gasteiger partial charge in [0.25, 0.3) is 5.69 Å². The minimum atomic E-state index is -0.381. The Bertz CT molecular complexity index is 1670. The lowest BCUT2D eigenvalue weighted by molar-refractivity contribution is -0.384. The summed E-state index contributed by atoms with van der Waals surface area (Å²) in [6.45, 7) is 0. The summed E-state index contributed by atoms with van der Waals surface area (Å²) in [6, 6.07) is 31.9. The number of nitrogens with zero attached hydrogens (tertiary/aromatic N) is 5. The first-order chi connectivity index (χ1) is 18.6. The Kier molecular flexibility index (Phi) is 5.97. The summed E-state index contributed by atoms with van der Waals surface area (Å²) in [5.41, 5.74) is 5.14. The molecule has 186 valence electrons. The average molecular weight is 502 g/mol. The van der Waals surface area contributed by atoms with Gasteiger partial charge in [-0.2, -0.15) is 5.10 Å². The van der Waals surface area contributed by atoms with Crippen LogP contribution in [0.4, 0.5) is 11.6 Å². The second-order valence-electron chi connectivity index (χ2n) is 8.95. The first kappa shape index (κ1) is 23.3. The Morgan fingerprint density at radius 2 is 1.63 bits per heavy atom. The van der Waals surface area contributed by atoms with Crippen LogP contribution in [-0.2, 0) is 0 Å². The number of para-hydroxylation sites is 1. The lowest BCUT2D eigenvalue weighted by Gasteiger charge is -2.23. The standard InChI is InChI=1S/C30H23N5O3/c1-38-24-16-14-20(15-17-24)27-19-28(22-10-7-11-23(18-22)35(36)37)34(33-27)30-31-26-13-6-5-12-25(26)29(32-30)21-8-3-2-4-9-21/h2-18,28H,19H2,1H3. The Labute approximate surface area is 219 Å². The van der Waals surface area contributed by atoms with Gasteiger partial charge in [-0.1, -0.05) is 60.7 Å². The maximum Gasteiger partial charge on any atom is 0.269 e. The normalized spacial score (nSPS) is 14.9. The summed E-state index contributed by atoms with van der Waals surface area (Å²) in [6.07, 6.45) is 0.532. The summed E-state index contributed by atoms with van der Waals surface area (Å²) in [5.74, 6) is 1.19. The molecule has 0 amide bonds. The van der Waals surface area contributed by atoms with E-state index in [2.05, 4.69) is 0 Å². The van der Waals surface area contributed by atoms with E-state index in [1.165, 1.54) is 6.07 Å². The second kappa shape index (κ2) is 9.74. The molecule has 0 saturated carbocycles. The van der Waals surface area contributed by atoms with Gasteiger partial charge in [-0.25, -0.2) is 15.0 Å². The summed E-state index contributed by atoms with van der Waals surface area (Å²) in [5, 5.41) is 19.2. The molecule has 0 saturated heterocycles. The largest absolute Gasteiger partial charge is 0.497 e. The van der Waals surface area contributed by atoms with E-state index < -0.39 is 0 Å². The van der Waals surface area contributed by atoms with Crippen molar-refractivity contribution >= 4 is 28.3 Å². The van der Waals surface area contributed by atoms with Crippen LogP contribution >= 0.6 is 0 Å². The van der Waals surface area contributed by atoms with Gasteiger partial charge in [-0.05, 0) is 41.5 Å². The highest BCUT2D eigenvalue weighted by Crippen LogP contribution is 2.38. The van der Waals surface area contributed by atoms with Crippen molar-refractivity contribution in [1.82, 2.24) is 9.97 Å². The Balaban J connectivity index is 1.51. The number of hydrazone groups is 1. The van der Waals surface area contributed by atoms with Crippen LogP contribution in [-0.4, -0.2) is 27.7 Å². The van der Waals surface area contributed by atoms with Crippen molar-refractivity contribution in [2.75, 3.05) is 12.1 Å². The van der Waals surface area contributed by atoms with Gasteiger partial charge in [0.05, 0.1) is 35.0 Å². The fourth-order valence-electron chi connectivity index (χ4n) is 4.74. The van der Waals surface area contributed by atoms with Gasteiger partial charge < -0.3 is 4.74 Å². The molecule has 5 aromatic rings. The van der Waals surface area contributed by atoms with Crippen LogP contribution in [0.5, 0.6) is 5.75 Å². The third kappa shape index (κ3) is 4.32. The van der Waals surface area contributed by atoms with Gasteiger partial charge >= 0.3 is 0 Å². The van der Waals surface area contributed by atoms with Gasteiger partial charge in [0.15, 0.2) is 0 Å². The van der Waals surface area contributed by atoms with E-state index in [9.17, 15) is 10.1 Å². The number of fused-ring (bicyclic) bond motifs is 1. The SMILES string of the molecule is COc1ccc(C2=NN(c3nc(-c4ccccc4)c4ccccc4n3)C(c3cccc([N+](=O)[O-])c3)C2)cc1. The maximum atomic E-state index is 11.5. The smallest absolute Gasteiger partial charge is 0.269 e. The zero-order valence-electron chi connectivity index (χ0n) is 20.6. The predicted molar refractivity (Wildman–Crippen MR) is 147 cm³/mol. The van der Waals surface area contributed by atoms with E-state index in [1.54, 1.807) is 24.3 Å². The van der Waals surface area contributed by atoms with Crippen LogP contribution < -0.4 is 9.75 Å². The number of hydrogen-bond donors (Lipinski definition) is 0. The zero-order chi connectivity index (χ0) is 26.1. The molecule has 1 aliphatic heterocycles. The first-order valence-corrected chi connectivity index (χ1v) is 12.2. The molecule has 0 spiro atoms. The van der Waals surface area contributed by atoms with Crippen molar-refractivity contribution in [2.45, 2.75) is 12.5 Å². The first-order valence-electron chi connectivity index (χ1n) is 12.2. The number of non-ortho nitro benzene ring substituents is 1. The molecule has 2 heterocycles. The summed E-state index contributed by atoms with van der Waals surface area (Å²) < 4.78 is 5.31. The molecule has 0 fully saturated rings. The second-order valence-corrected chi connectivity index (χ2v) is 8.95. The van der Waals surface area contributed by atoms with E-state index in [0.717, 1.165) is 44.7 Å². The number of rotatable bonds is 6. The molecule has 4 aromatic carbocycles. The molecule has 1 unspecified atom stereocenters. The molecule has 1 atom stereocenters. The van der Waals surface area contributed by atoms with Crippen molar-refractivity contribution in [3.63, 3.8) is 0 Å². The van der Waals surface area contributed by atoms with Gasteiger partial charge in [0, 0.05) is 29.5 Å². The van der Waals surface area contributed by atoms with Crippen LogP contribution in [0.2, 0.25) is 0 Å². The lowest BCUT2D eigenvalue weighted by Crippen LogP contribution is -2.21. The van der Waals surface area contributed by atoms with Crippen molar-refractivity contribution in [1.29, 1.82) is 0 Å². The molecule has 1 aliphatic rings. The third-order valence-electron chi connectivity index (χ3n) is 6.64. The number of nitro groups is 1. The third-order valence-corrected chi connectivity index (χ3v) is 6.64. The summed E-state index contributed by atoms with van der Waals surface area (Å²) >= 11 is 0. The molecule has 38 heavy (non-hydrogen) atoms. The average Bonchev–Trinajstić information content (AvgIpc) is 3.43. The van der Waals surface area contributed by atoms with E-state index in [0.29, 0.717) is 12.4 Å². The molecular weight excluding hydrogens is 478 g/mol. The van der Waals surface area contributed by atoms with Crippen molar-refractivity contribution in [3.05, 3.63) is 124 Å². The van der Waals surface area contributed by atoms with Crippen molar-refractivity contribution in [2.24, 2.45) is 5.10 Å². The molecule has 6 rings (SSSR count). The van der Waals surface area contributed by atoms with E-state index in [1.807, 2.05) is 84.9 Å². The zero-order valence-corrected chi connectivity index (χ0v) is 20.6. The number of nitro benzene ring substituents is 1. The number of methoxy groups -OCH3 is 1. The van der Waals surface area contributed by atoms with E-state index in [4.69, 9.17) is 19.8 Å². The highest BCUT2D eigenvalue weighted by atomic mass is 16.6. The van der Waals surface area contributed by atoms with Gasteiger partial charge in [-0.3, -0.25) is 10.1 Å². The molecule has 0 aliphatic carbocycles. The highest BCUT2D eigenvalue weighted by Gasteiger charge is 2.33. The van der Waals surface area contributed by atoms with Crippen LogP contribution in [0.15, 0.2) is 108 Å². The van der Waals surface area contributed by atoms with Crippen LogP contribution in [0.1, 0.15) is 23.6 Å². The maximum absolute atomic E-state index is 11.5. The molecule has 0 bridgehead atoms. The van der Waals surface area contributed by atoms with Crippen LogP contribution in [0.25, 0.3) is 22.2 Å². The Morgan fingerprint density at radius 3 is 2.39 bits per heavy atom. The Hall–Kier alpha value is -5.11. The molecular formula is C30H23N5O3. The predicted octanol–water partition coefficient (Wildman–Crippen LogP) is 6.57. The fourth-order valence-corrected chi connectivity index (χ4v) is 4.74. The van der Waals surface area contributed by atoms with Crippen LogP contribution in [0.3, 0.4) is 0 Å². The summed E-state index contributed by atoms with van der Waals surface area (Å²) in [4.78, 5) is 21.0. The molecule has 8 heteroatoms. The highest BCUT2D eigenvalue weighted by molar-refractivity contribution is 6.03. The van der Waals surface area contributed by atoms with E-state index >= 15 is 0 Å². The van der Waals surface area contributed by atoms with Crippen molar-refractivity contribution < 1.29 is 9.66 Å². The fraction of sp³-hybridized carbons (Fsp3) is 0.100. The molecule has 8 nitrogen and oxygen atoms in total. The monoisotopic (exact) mass is 501 g/mol. The van der Waals surface area contributed by atoms with Gasteiger partial charge in [0.1, 0.15) is 5.75 Å². The van der Waals surface area contributed by atoms with Crippen LogP contribution in [0, 0.1) is 10.1 Å². The topological polar surface area (TPSA) is 93.8 Å². The number of hydrogen-bond acceptors (Lipinski definition) is 7. The minimum absolute atomic E-state index is 0.0322. The Morgan fingerprint density at radius 1 is 0.868 bits per heavy atom. The number of anilines is 1. The number of aromatic nitrogens is 2. The van der Waals surface area contributed by atoms with Crippen molar-refractivity contribution in [3.8, 4) is 17.0 Å². The molecule has 1 aromatic heterocycles. The summed E-state index contributed by atoms with van der Waals surface area (Å²) in [7, 11) is 1.63. The molecule has 0 N–H and O–H groups in total. The van der Waals surface area contributed by atoms with Gasteiger partial charge in [0.2, 0.25) is 5.95 Å². The van der Waals surface area contributed by atoms with Gasteiger partial charge in [-0.15, -0.1) is 0 Å². The quantitative estimate of drug-likeness (QED) is 0.193. The lowest BCUT2D eigenvalue weighted by atomic mass is 9.98. The minimum Gasteiger partial charge on any atom is -0.497 e. The number of ether oxygens (including phenoxy) is 1. The molecule has 0 radical (unpaired) electrons.